The molecule has 0 amide bonds. The minimum atomic E-state index is 0.0693. The van der Waals surface area contributed by atoms with Crippen LogP contribution in [0.15, 0.2) is 41.1 Å². The highest BCUT2D eigenvalue weighted by Crippen LogP contribution is 2.18. The van der Waals surface area contributed by atoms with Crippen molar-refractivity contribution in [2.75, 3.05) is 0 Å². The second-order valence-corrected chi connectivity index (χ2v) is 5.07. The smallest absolute Gasteiger partial charge is 0.108 e. The Labute approximate surface area is 110 Å². The lowest BCUT2D eigenvalue weighted by atomic mass is 10.0. The molecular weight excluding hydrogens is 278 g/mol. The summed E-state index contributed by atoms with van der Waals surface area (Å²) in [5.41, 5.74) is 7.33. The number of nitrogens with two attached hydrogens (primary N) is 1. The molecule has 1 aromatic carbocycles. The number of imidazole rings is 1. The van der Waals surface area contributed by atoms with Crippen molar-refractivity contribution in [3.63, 3.8) is 0 Å². The summed E-state index contributed by atoms with van der Waals surface area (Å²) in [5.74, 6) is 1.08. The van der Waals surface area contributed by atoms with Crippen LogP contribution < -0.4 is 5.73 Å². The number of rotatable bonds is 4. The highest BCUT2D eigenvalue weighted by Gasteiger charge is 2.07. The zero-order valence-electron chi connectivity index (χ0n) is 9.81. The summed E-state index contributed by atoms with van der Waals surface area (Å²) in [6, 6.07) is 8.24. The molecule has 90 valence electrons. The van der Waals surface area contributed by atoms with Gasteiger partial charge in [0.05, 0.1) is 0 Å². The molecule has 0 radical (unpaired) electrons. The third-order valence-electron chi connectivity index (χ3n) is 2.90. The van der Waals surface area contributed by atoms with E-state index in [2.05, 4.69) is 33.0 Å². The van der Waals surface area contributed by atoms with Gasteiger partial charge in [-0.15, -0.1) is 0 Å². The molecule has 0 aliphatic heterocycles. The van der Waals surface area contributed by atoms with Crippen LogP contribution in [0.4, 0.5) is 0 Å². The number of aromatic nitrogens is 2. The molecular formula is C13H16BrN3. The normalized spacial score (nSPS) is 12.6. The van der Waals surface area contributed by atoms with E-state index in [4.69, 9.17) is 5.73 Å². The fourth-order valence-electron chi connectivity index (χ4n) is 1.80. The van der Waals surface area contributed by atoms with Gasteiger partial charge in [0.1, 0.15) is 5.82 Å². The molecule has 4 heteroatoms. The minimum absolute atomic E-state index is 0.0693. The van der Waals surface area contributed by atoms with Crippen LogP contribution in [0, 0.1) is 0 Å². The maximum Gasteiger partial charge on any atom is 0.108 e. The Balaban J connectivity index is 1.95. The van der Waals surface area contributed by atoms with Gasteiger partial charge in [-0.1, -0.05) is 28.1 Å². The average molecular weight is 294 g/mol. The summed E-state index contributed by atoms with van der Waals surface area (Å²) in [7, 11) is 2.01. The van der Waals surface area contributed by atoms with Gasteiger partial charge in [-0.25, -0.2) is 4.98 Å². The first-order valence-electron chi connectivity index (χ1n) is 5.64. The van der Waals surface area contributed by atoms with Crippen molar-refractivity contribution in [1.82, 2.24) is 9.55 Å². The summed E-state index contributed by atoms with van der Waals surface area (Å²) in [6.45, 7) is 0. The van der Waals surface area contributed by atoms with Gasteiger partial charge < -0.3 is 10.3 Å². The van der Waals surface area contributed by atoms with E-state index < -0.39 is 0 Å². The van der Waals surface area contributed by atoms with Crippen molar-refractivity contribution < 1.29 is 0 Å². The molecule has 0 bridgehead atoms. The molecule has 17 heavy (non-hydrogen) atoms. The lowest BCUT2D eigenvalue weighted by Crippen LogP contribution is -2.12. The molecule has 0 saturated carbocycles. The topological polar surface area (TPSA) is 43.8 Å². The highest BCUT2D eigenvalue weighted by molar-refractivity contribution is 9.10. The van der Waals surface area contributed by atoms with Crippen LogP contribution in [0.3, 0.4) is 0 Å². The van der Waals surface area contributed by atoms with Crippen molar-refractivity contribution in [3.05, 3.63) is 52.5 Å². The highest BCUT2D eigenvalue weighted by atomic mass is 79.9. The number of hydrogen-bond donors (Lipinski definition) is 1. The molecule has 0 saturated heterocycles. The Bertz CT molecular complexity index is 476. The Morgan fingerprint density at radius 3 is 2.65 bits per heavy atom. The average Bonchev–Trinajstić information content (AvgIpc) is 2.73. The van der Waals surface area contributed by atoms with Gasteiger partial charge >= 0.3 is 0 Å². The van der Waals surface area contributed by atoms with Crippen LogP contribution in [-0.2, 0) is 13.5 Å². The van der Waals surface area contributed by atoms with Gasteiger partial charge in [-0.3, -0.25) is 0 Å². The van der Waals surface area contributed by atoms with E-state index >= 15 is 0 Å². The van der Waals surface area contributed by atoms with E-state index in [-0.39, 0.29) is 6.04 Å². The number of benzene rings is 1. The molecule has 2 aromatic rings. The Kier molecular flexibility index (Phi) is 3.97. The van der Waals surface area contributed by atoms with Gasteiger partial charge in [-0.05, 0) is 24.1 Å². The summed E-state index contributed by atoms with van der Waals surface area (Å²) in [6.07, 6.45) is 5.59. The van der Waals surface area contributed by atoms with Gasteiger partial charge in [0.25, 0.3) is 0 Å². The lowest BCUT2D eigenvalue weighted by Gasteiger charge is -2.11. The number of hydrogen-bond acceptors (Lipinski definition) is 2. The summed E-state index contributed by atoms with van der Waals surface area (Å²) < 4.78 is 3.12. The van der Waals surface area contributed by atoms with Crippen molar-refractivity contribution in [2.45, 2.75) is 18.9 Å². The number of halogens is 1. The van der Waals surface area contributed by atoms with E-state index in [9.17, 15) is 0 Å². The first kappa shape index (κ1) is 12.3. The first-order valence-corrected chi connectivity index (χ1v) is 6.43. The second-order valence-electron chi connectivity index (χ2n) is 4.15. The fraction of sp³-hybridized carbons (Fsp3) is 0.308. The molecule has 1 unspecified atom stereocenters. The Hall–Kier alpha value is -1.13. The Morgan fingerprint density at radius 2 is 2.06 bits per heavy atom. The van der Waals surface area contributed by atoms with Crippen LogP contribution in [0.2, 0.25) is 0 Å². The monoisotopic (exact) mass is 293 g/mol. The van der Waals surface area contributed by atoms with E-state index in [1.807, 2.05) is 36.1 Å². The van der Waals surface area contributed by atoms with Crippen LogP contribution in [0.5, 0.6) is 0 Å². The molecule has 0 fully saturated rings. The summed E-state index contributed by atoms with van der Waals surface area (Å²) in [4.78, 5) is 4.30. The van der Waals surface area contributed by atoms with E-state index in [1.54, 1.807) is 0 Å². The van der Waals surface area contributed by atoms with Crippen molar-refractivity contribution in [3.8, 4) is 0 Å². The predicted octanol–water partition coefficient (Wildman–Crippen LogP) is 2.82. The second kappa shape index (κ2) is 5.47. The summed E-state index contributed by atoms with van der Waals surface area (Å²) in [5, 5.41) is 0. The molecule has 1 aromatic heterocycles. The minimum Gasteiger partial charge on any atom is -0.338 e. The van der Waals surface area contributed by atoms with Gasteiger partial charge in [-0.2, -0.15) is 0 Å². The lowest BCUT2D eigenvalue weighted by molar-refractivity contribution is 0.620. The standard InChI is InChI=1S/C13H16BrN3/c1-17-9-8-16-13(17)7-6-12(15)10-2-4-11(14)5-3-10/h2-5,8-9,12H,6-7,15H2,1H3. The van der Waals surface area contributed by atoms with Crippen LogP contribution in [0.1, 0.15) is 23.9 Å². The SMILES string of the molecule is Cn1ccnc1CCC(N)c1ccc(Br)cc1. The molecule has 3 nitrogen and oxygen atoms in total. The molecule has 1 atom stereocenters. The maximum absolute atomic E-state index is 6.16. The van der Waals surface area contributed by atoms with Crippen LogP contribution in [0.25, 0.3) is 0 Å². The van der Waals surface area contributed by atoms with Gasteiger partial charge in [0, 0.05) is 36.4 Å². The van der Waals surface area contributed by atoms with Crippen molar-refractivity contribution >= 4 is 15.9 Å². The predicted molar refractivity (Wildman–Crippen MR) is 72.6 cm³/mol. The zero-order valence-corrected chi connectivity index (χ0v) is 11.4. The van der Waals surface area contributed by atoms with E-state index in [1.165, 1.54) is 5.56 Å². The number of aryl methyl sites for hydroxylation is 2. The first-order chi connectivity index (χ1) is 8.16. The van der Waals surface area contributed by atoms with E-state index in [0.717, 1.165) is 23.1 Å². The van der Waals surface area contributed by atoms with Crippen LogP contribution >= 0.6 is 15.9 Å². The molecule has 1 heterocycles. The summed E-state index contributed by atoms with van der Waals surface area (Å²) >= 11 is 3.42. The maximum atomic E-state index is 6.16. The third kappa shape index (κ3) is 3.17. The van der Waals surface area contributed by atoms with E-state index in [0.29, 0.717) is 0 Å². The molecule has 2 rings (SSSR count). The van der Waals surface area contributed by atoms with Crippen molar-refractivity contribution in [2.24, 2.45) is 12.8 Å². The largest absolute Gasteiger partial charge is 0.338 e. The zero-order chi connectivity index (χ0) is 12.3. The third-order valence-corrected chi connectivity index (χ3v) is 3.43. The molecule has 0 spiro atoms. The molecule has 0 aliphatic carbocycles. The quantitative estimate of drug-likeness (QED) is 0.942. The number of nitrogens with zero attached hydrogens (tertiary/aromatic N) is 2. The van der Waals surface area contributed by atoms with Crippen LogP contribution in [-0.4, -0.2) is 9.55 Å². The molecule has 0 aliphatic rings. The molecule has 2 N–H and O–H groups in total. The van der Waals surface area contributed by atoms with Crippen molar-refractivity contribution in [1.29, 1.82) is 0 Å². The Morgan fingerprint density at radius 1 is 1.35 bits per heavy atom. The van der Waals surface area contributed by atoms with Gasteiger partial charge in [0.2, 0.25) is 0 Å². The fourth-order valence-corrected chi connectivity index (χ4v) is 2.06. The van der Waals surface area contributed by atoms with Gasteiger partial charge in [0.15, 0.2) is 0 Å².